The van der Waals surface area contributed by atoms with Crippen molar-refractivity contribution in [1.29, 1.82) is 0 Å². The first-order valence-electron chi connectivity index (χ1n) is 26.1. The first-order valence-corrected chi connectivity index (χ1v) is 26.1. The highest BCUT2D eigenvalue weighted by Gasteiger charge is 2.41. The predicted octanol–water partition coefficient (Wildman–Crippen LogP) is 19.0. The molecule has 4 nitrogen and oxygen atoms in total. The summed E-state index contributed by atoms with van der Waals surface area (Å²) in [4.78, 5) is 9.63. The lowest BCUT2D eigenvalue weighted by Crippen LogP contribution is -2.24. The Morgan fingerprint density at radius 1 is 0.270 bits per heavy atom. The SMILES string of the molecule is CN1c2ccccc2N(c2ccc3c(-c4cccc5c4C(C)(C)c4ccccc4-5)c4cc(N5c6ccccc6N(C)c6ccccc65)ccc4c(-c4cccc5c4C(C)(C)c4ccccc4-5)c3c2)c2ccccc21. The van der Waals surface area contributed by atoms with Gasteiger partial charge in [-0.05, 0) is 161 Å². The first-order chi connectivity index (χ1) is 36.1. The quantitative estimate of drug-likeness (QED) is 0.163. The van der Waals surface area contributed by atoms with E-state index in [-0.39, 0.29) is 10.8 Å². The second-order valence-electron chi connectivity index (χ2n) is 21.8. The lowest BCUT2D eigenvalue weighted by molar-refractivity contribution is 0.662. The fourth-order valence-electron chi connectivity index (χ4n) is 14.0. The maximum atomic E-state index is 2.52. The van der Waals surface area contributed by atoms with Crippen LogP contribution in [0.1, 0.15) is 49.9 Å². The van der Waals surface area contributed by atoms with Gasteiger partial charge in [-0.1, -0.05) is 173 Å². The van der Waals surface area contributed by atoms with E-state index >= 15 is 0 Å². The summed E-state index contributed by atoms with van der Waals surface area (Å²) >= 11 is 0. The molecule has 0 bridgehead atoms. The molecule has 354 valence electrons. The van der Waals surface area contributed by atoms with Gasteiger partial charge in [0.2, 0.25) is 0 Å². The second kappa shape index (κ2) is 15.3. The minimum Gasteiger partial charge on any atom is -0.341 e. The number of hydrogen-bond acceptors (Lipinski definition) is 4. The van der Waals surface area contributed by atoms with Gasteiger partial charge in [0, 0.05) is 36.3 Å². The third-order valence-corrected chi connectivity index (χ3v) is 17.2. The minimum atomic E-state index is -0.254. The molecule has 0 radical (unpaired) electrons. The van der Waals surface area contributed by atoms with E-state index in [0.717, 1.165) is 34.1 Å². The largest absolute Gasteiger partial charge is 0.341 e. The molecule has 15 rings (SSSR count). The van der Waals surface area contributed by atoms with Crippen molar-refractivity contribution < 1.29 is 0 Å². The van der Waals surface area contributed by atoms with Gasteiger partial charge in [-0.3, -0.25) is 0 Å². The highest BCUT2D eigenvalue weighted by molar-refractivity contribution is 6.24. The van der Waals surface area contributed by atoms with Crippen LogP contribution in [0.4, 0.5) is 56.9 Å². The van der Waals surface area contributed by atoms with Crippen molar-refractivity contribution in [2.24, 2.45) is 0 Å². The van der Waals surface area contributed by atoms with Crippen molar-refractivity contribution in [3.63, 3.8) is 0 Å². The molecule has 0 saturated heterocycles. The Balaban J connectivity index is 1.11. The number of hydrogen-bond donors (Lipinski definition) is 0. The topological polar surface area (TPSA) is 13.0 Å². The molecule has 0 amide bonds. The van der Waals surface area contributed by atoms with Gasteiger partial charge in [0.25, 0.3) is 0 Å². The van der Waals surface area contributed by atoms with E-state index in [1.165, 1.54) is 111 Å². The molecule has 0 unspecified atom stereocenters. The van der Waals surface area contributed by atoms with Crippen molar-refractivity contribution in [2.45, 2.75) is 38.5 Å². The standard InChI is InChI=1S/C70H54N4/c1-69(2)55-27-9-7-21-45(55)49-23-19-25-51(67(49)69)65-47-39-37-44(74-63-35-17-13-31-59(63)72(6)60-32-14-18-36-64(60)74)42-54(47)66(52-26-20-24-50-46-22-8-10-28-56(46)70(3,4)68(50)52)48-40-38-43(41-53(48)65)73-61-33-15-11-29-57(61)71(5)58-30-12-16-34-62(58)73/h7-42H,1-6H3. The fourth-order valence-corrected chi connectivity index (χ4v) is 14.0. The summed E-state index contributed by atoms with van der Waals surface area (Å²) in [6.07, 6.45) is 0. The molecule has 11 aromatic carbocycles. The van der Waals surface area contributed by atoms with Gasteiger partial charge >= 0.3 is 0 Å². The summed E-state index contributed by atoms with van der Waals surface area (Å²) in [6, 6.07) is 82.3. The number of nitrogens with zero attached hydrogens (tertiary/aromatic N) is 4. The van der Waals surface area contributed by atoms with E-state index in [2.05, 4.69) is 280 Å². The Hall–Kier alpha value is -8.86. The summed E-state index contributed by atoms with van der Waals surface area (Å²) in [5.74, 6) is 0. The number of anilines is 10. The fraction of sp³-hybridized carbons (Fsp3) is 0.114. The molecule has 0 N–H and O–H groups in total. The predicted molar refractivity (Wildman–Crippen MR) is 313 cm³/mol. The summed E-state index contributed by atoms with van der Waals surface area (Å²) in [7, 11) is 4.38. The van der Waals surface area contributed by atoms with Gasteiger partial charge in [0.15, 0.2) is 0 Å². The van der Waals surface area contributed by atoms with Crippen molar-refractivity contribution in [2.75, 3.05) is 33.7 Å². The normalized spacial score (nSPS) is 15.0. The van der Waals surface area contributed by atoms with Crippen LogP contribution in [-0.4, -0.2) is 14.1 Å². The Kier molecular flexibility index (Phi) is 8.87. The van der Waals surface area contributed by atoms with E-state index in [4.69, 9.17) is 0 Å². The Morgan fingerprint density at radius 3 is 0.932 bits per heavy atom. The molecular weight excluding hydrogens is 897 g/mol. The van der Waals surface area contributed by atoms with Gasteiger partial charge in [0.1, 0.15) is 0 Å². The van der Waals surface area contributed by atoms with Crippen LogP contribution in [0.2, 0.25) is 0 Å². The van der Waals surface area contributed by atoms with E-state index < -0.39 is 0 Å². The molecule has 0 atom stereocenters. The van der Waals surface area contributed by atoms with E-state index in [9.17, 15) is 0 Å². The molecule has 2 aliphatic heterocycles. The molecule has 0 fully saturated rings. The van der Waals surface area contributed by atoms with Gasteiger partial charge in [0.05, 0.1) is 45.5 Å². The third-order valence-electron chi connectivity index (χ3n) is 17.2. The monoisotopic (exact) mass is 950 g/mol. The first kappa shape index (κ1) is 42.8. The molecule has 0 spiro atoms. The zero-order valence-corrected chi connectivity index (χ0v) is 42.6. The lowest BCUT2D eigenvalue weighted by Gasteiger charge is -2.39. The highest BCUT2D eigenvalue weighted by Crippen LogP contribution is 2.60. The van der Waals surface area contributed by atoms with Crippen LogP contribution in [0.3, 0.4) is 0 Å². The van der Waals surface area contributed by atoms with E-state index in [1.54, 1.807) is 0 Å². The third kappa shape index (κ3) is 5.68. The van der Waals surface area contributed by atoms with Crippen LogP contribution in [0, 0.1) is 0 Å². The molecule has 2 aliphatic carbocycles. The van der Waals surface area contributed by atoms with E-state index in [0.29, 0.717) is 0 Å². The number of para-hydroxylation sites is 8. The maximum Gasteiger partial charge on any atom is 0.0699 e. The summed E-state index contributed by atoms with van der Waals surface area (Å²) < 4.78 is 0. The van der Waals surface area contributed by atoms with Crippen LogP contribution in [0.15, 0.2) is 218 Å². The molecule has 74 heavy (non-hydrogen) atoms. The summed E-state index contributed by atoms with van der Waals surface area (Å²) in [5, 5.41) is 4.92. The van der Waals surface area contributed by atoms with Crippen LogP contribution >= 0.6 is 0 Å². The zero-order valence-electron chi connectivity index (χ0n) is 42.6. The van der Waals surface area contributed by atoms with Gasteiger partial charge in [-0.25, -0.2) is 0 Å². The van der Waals surface area contributed by atoms with Crippen molar-refractivity contribution in [1.82, 2.24) is 0 Å². The number of fused-ring (bicyclic) bond motifs is 12. The van der Waals surface area contributed by atoms with Crippen LogP contribution in [0.25, 0.3) is 66.1 Å². The molecule has 11 aromatic rings. The number of benzene rings is 11. The molecule has 0 aromatic heterocycles. The van der Waals surface area contributed by atoms with Gasteiger partial charge in [-0.2, -0.15) is 0 Å². The maximum absolute atomic E-state index is 2.52. The molecule has 4 aliphatic rings. The average Bonchev–Trinajstić information content (AvgIpc) is 3.82. The zero-order chi connectivity index (χ0) is 49.8. The minimum absolute atomic E-state index is 0.254. The molecule has 4 heteroatoms. The van der Waals surface area contributed by atoms with Gasteiger partial charge < -0.3 is 19.6 Å². The van der Waals surface area contributed by atoms with Crippen molar-refractivity contribution in [3.8, 4) is 44.5 Å². The molecular formula is C70H54N4. The average molecular weight is 951 g/mol. The Bertz CT molecular complexity index is 3850. The smallest absolute Gasteiger partial charge is 0.0699 e. The highest BCUT2D eigenvalue weighted by atomic mass is 15.3. The van der Waals surface area contributed by atoms with Crippen molar-refractivity contribution in [3.05, 3.63) is 241 Å². The second-order valence-corrected chi connectivity index (χ2v) is 21.8. The van der Waals surface area contributed by atoms with Gasteiger partial charge in [-0.15, -0.1) is 0 Å². The Labute approximate surface area is 433 Å². The van der Waals surface area contributed by atoms with Crippen LogP contribution < -0.4 is 19.6 Å². The Morgan fingerprint density at radius 2 is 0.568 bits per heavy atom. The van der Waals surface area contributed by atoms with Crippen molar-refractivity contribution >= 4 is 78.4 Å². The van der Waals surface area contributed by atoms with Crippen LogP contribution in [-0.2, 0) is 10.8 Å². The van der Waals surface area contributed by atoms with E-state index in [1.807, 2.05) is 0 Å². The van der Waals surface area contributed by atoms with Crippen LogP contribution in [0.5, 0.6) is 0 Å². The lowest BCUT2D eigenvalue weighted by atomic mass is 9.75. The molecule has 0 saturated carbocycles. The summed E-state index contributed by atoms with van der Waals surface area (Å²) in [6.45, 7) is 9.71. The number of rotatable bonds is 4. The molecule has 2 heterocycles. The summed E-state index contributed by atoms with van der Waals surface area (Å²) in [5.41, 5.74) is 26.9.